The number of rotatable bonds is 5. The Morgan fingerprint density at radius 2 is 1.95 bits per heavy atom. The Balaban J connectivity index is 2.34. The van der Waals surface area contributed by atoms with Crippen LogP contribution in [0.3, 0.4) is 0 Å². The van der Waals surface area contributed by atoms with Crippen LogP contribution in [0, 0.1) is 13.8 Å². The molecule has 1 aromatic heterocycles. The van der Waals surface area contributed by atoms with Gasteiger partial charge in [-0.2, -0.15) is 5.10 Å². The van der Waals surface area contributed by atoms with Crippen molar-refractivity contribution in [3.63, 3.8) is 0 Å². The van der Waals surface area contributed by atoms with Crippen LogP contribution in [0.1, 0.15) is 42.4 Å². The normalized spacial score (nSPS) is 13.3. The Labute approximate surface area is 125 Å². The summed E-state index contributed by atoms with van der Waals surface area (Å²) in [5.74, 6) is 0. The van der Waals surface area contributed by atoms with Gasteiger partial charge in [0.15, 0.2) is 0 Å². The monoisotopic (exact) mass is 307 g/mol. The lowest BCUT2D eigenvalue weighted by molar-refractivity contribution is 0.565. The van der Waals surface area contributed by atoms with Gasteiger partial charge in [-0.3, -0.25) is 5.10 Å². The van der Waals surface area contributed by atoms with E-state index in [0.717, 1.165) is 22.5 Å². The Morgan fingerprint density at radius 1 is 1.29 bits per heavy atom. The van der Waals surface area contributed by atoms with Gasteiger partial charge in [0.2, 0.25) is 10.0 Å². The van der Waals surface area contributed by atoms with Crippen molar-refractivity contribution in [3.8, 4) is 0 Å². The molecule has 0 bridgehead atoms. The fourth-order valence-electron chi connectivity index (χ4n) is 2.61. The zero-order chi connectivity index (χ0) is 15.6. The van der Waals surface area contributed by atoms with Crippen LogP contribution in [0.2, 0.25) is 0 Å². The van der Waals surface area contributed by atoms with E-state index in [4.69, 9.17) is 0 Å². The summed E-state index contributed by atoms with van der Waals surface area (Å²) >= 11 is 0. The summed E-state index contributed by atoms with van der Waals surface area (Å²) in [5.41, 5.74) is 3.41. The minimum atomic E-state index is -3.55. The van der Waals surface area contributed by atoms with Gasteiger partial charge >= 0.3 is 0 Å². The molecule has 0 spiro atoms. The Bertz CT molecular complexity index is 716. The molecular formula is C15H21N3O2S. The first-order valence-corrected chi connectivity index (χ1v) is 8.46. The minimum Gasteiger partial charge on any atom is -0.282 e. The maximum atomic E-state index is 12.6. The summed E-state index contributed by atoms with van der Waals surface area (Å²) in [4.78, 5) is 0.346. The van der Waals surface area contributed by atoms with Gasteiger partial charge in [0.05, 0.1) is 10.6 Å². The molecule has 0 unspecified atom stereocenters. The van der Waals surface area contributed by atoms with E-state index in [1.165, 1.54) is 0 Å². The maximum Gasteiger partial charge on any atom is 0.241 e. The van der Waals surface area contributed by atoms with E-state index < -0.39 is 10.0 Å². The van der Waals surface area contributed by atoms with Gasteiger partial charge in [0.25, 0.3) is 0 Å². The summed E-state index contributed by atoms with van der Waals surface area (Å²) in [6.07, 6.45) is 0.676. The second kappa shape index (κ2) is 5.99. The van der Waals surface area contributed by atoms with Crippen LogP contribution >= 0.6 is 0 Å². The third-order valence-electron chi connectivity index (χ3n) is 3.59. The van der Waals surface area contributed by atoms with Crippen molar-refractivity contribution in [1.29, 1.82) is 0 Å². The largest absolute Gasteiger partial charge is 0.282 e. The van der Waals surface area contributed by atoms with Crippen molar-refractivity contribution in [3.05, 3.63) is 46.8 Å². The summed E-state index contributed by atoms with van der Waals surface area (Å²) in [6, 6.07) is 6.74. The molecule has 5 nitrogen and oxygen atoms in total. The number of benzene rings is 1. The predicted octanol–water partition coefficient (Wildman–Crippen LogP) is 2.63. The molecule has 6 heteroatoms. The fraction of sp³-hybridized carbons (Fsp3) is 0.400. The number of hydrogen-bond donors (Lipinski definition) is 2. The molecule has 21 heavy (non-hydrogen) atoms. The lowest BCUT2D eigenvalue weighted by atomic mass is 10.1. The van der Waals surface area contributed by atoms with Gasteiger partial charge in [0.1, 0.15) is 0 Å². The fourth-order valence-corrected chi connectivity index (χ4v) is 4.14. The van der Waals surface area contributed by atoms with Crippen molar-refractivity contribution in [2.75, 3.05) is 0 Å². The highest BCUT2D eigenvalue weighted by Gasteiger charge is 2.23. The smallest absolute Gasteiger partial charge is 0.241 e. The van der Waals surface area contributed by atoms with E-state index in [-0.39, 0.29) is 6.04 Å². The van der Waals surface area contributed by atoms with E-state index >= 15 is 0 Å². The van der Waals surface area contributed by atoms with Crippen molar-refractivity contribution in [2.24, 2.45) is 0 Å². The number of aromatic nitrogens is 2. The topological polar surface area (TPSA) is 74.8 Å². The Kier molecular flexibility index (Phi) is 4.49. The quantitative estimate of drug-likeness (QED) is 0.891. The van der Waals surface area contributed by atoms with Gasteiger partial charge in [-0.25, -0.2) is 13.1 Å². The van der Waals surface area contributed by atoms with Gasteiger partial charge in [0, 0.05) is 17.3 Å². The molecular weight excluding hydrogens is 286 g/mol. The van der Waals surface area contributed by atoms with E-state index in [2.05, 4.69) is 14.9 Å². The zero-order valence-corrected chi connectivity index (χ0v) is 13.6. The molecule has 0 amide bonds. The van der Waals surface area contributed by atoms with Crippen LogP contribution in [-0.4, -0.2) is 18.6 Å². The molecule has 0 aliphatic heterocycles. The lowest BCUT2D eigenvalue weighted by Crippen LogP contribution is -2.28. The molecule has 1 heterocycles. The molecule has 2 N–H and O–H groups in total. The molecule has 2 aromatic rings. The lowest BCUT2D eigenvalue weighted by Gasteiger charge is -2.16. The molecule has 2 rings (SSSR count). The van der Waals surface area contributed by atoms with E-state index in [1.54, 1.807) is 12.1 Å². The third-order valence-corrected chi connectivity index (χ3v) is 5.23. The van der Waals surface area contributed by atoms with Crippen molar-refractivity contribution in [2.45, 2.75) is 45.1 Å². The van der Waals surface area contributed by atoms with E-state index in [9.17, 15) is 8.42 Å². The van der Waals surface area contributed by atoms with Crippen LogP contribution in [0.25, 0.3) is 0 Å². The first kappa shape index (κ1) is 15.7. The highest BCUT2D eigenvalue weighted by molar-refractivity contribution is 7.89. The second-order valence-corrected chi connectivity index (χ2v) is 6.83. The van der Waals surface area contributed by atoms with E-state index in [1.807, 2.05) is 39.8 Å². The standard InChI is InChI=1S/C15H21N3O2S/c1-5-13-8-6-7-9-14(13)21(19,20)18-12(4)15-10(2)16-17-11(15)3/h6-9,12,18H,5H2,1-4H3,(H,16,17)/t12-/m0/s1. The summed E-state index contributed by atoms with van der Waals surface area (Å²) in [6.45, 7) is 7.53. The number of nitrogens with zero attached hydrogens (tertiary/aromatic N) is 1. The number of nitrogens with one attached hydrogen (secondary N) is 2. The highest BCUT2D eigenvalue weighted by Crippen LogP contribution is 2.23. The molecule has 0 saturated heterocycles. The van der Waals surface area contributed by atoms with Gasteiger partial charge in [-0.1, -0.05) is 25.1 Å². The zero-order valence-electron chi connectivity index (χ0n) is 12.8. The van der Waals surface area contributed by atoms with Crippen LogP contribution in [0.15, 0.2) is 29.2 Å². The minimum absolute atomic E-state index is 0.335. The van der Waals surface area contributed by atoms with Crippen LogP contribution in [-0.2, 0) is 16.4 Å². The van der Waals surface area contributed by atoms with Gasteiger partial charge in [-0.05, 0) is 38.8 Å². The molecule has 114 valence electrons. The average molecular weight is 307 g/mol. The molecule has 0 aliphatic carbocycles. The first-order valence-electron chi connectivity index (χ1n) is 6.98. The summed E-state index contributed by atoms with van der Waals surface area (Å²) in [7, 11) is -3.55. The number of hydrogen-bond acceptors (Lipinski definition) is 3. The molecule has 0 saturated carbocycles. The first-order chi connectivity index (χ1) is 9.86. The third kappa shape index (κ3) is 3.16. The second-order valence-electron chi connectivity index (χ2n) is 5.15. The number of aromatic amines is 1. The van der Waals surface area contributed by atoms with Crippen molar-refractivity contribution in [1.82, 2.24) is 14.9 Å². The average Bonchev–Trinajstić information content (AvgIpc) is 2.77. The Morgan fingerprint density at radius 3 is 2.52 bits per heavy atom. The molecule has 0 aliphatic rings. The summed E-state index contributed by atoms with van der Waals surface area (Å²) < 4.78 is 27.9. The number of H-pyrrole nitrogens is 1. The molecule has 1 aromatic carbocycles. The number of sulfonamides is 1. The molecule has 1 atom stereocenters. The van der Waals surface area contributed by atoms with Crippen LogP contribution in [0.5, 0.6) is 0 Å². The molecule has 0 fully saturated rings. The van der Waals surface area contributed by atoms with Gasteiger partial charge in [-0.15, -0.1) is 0 Å². The van der Waals surface area contributed by atoms with Crippen molar-refractivity contribution < 1.29 is 8.42 Å². The summed E-state index contributed by atoms with van der Waals surface area (Å²) in [5, 5.41) is 6.99. The predicted molar refractivity (Wildman–Crippen MR) is 82.6 cm³/mol. The van der Waals surface area contributed by atoms with Gasteiger partial charge < -0.3 is 0 Å². The highest BCUT2D eigenvalue weighted by atomic mass is 32.2. The maximum absolute atomic E-state index is 12.6. The molecule has 0 radical (unpaired) electrons. The Hall–Kier alpha value is -1.66. The van der Waals surface area contributed by atoms with Crippen LogP contribution in [0.4, 0.5) is 0 Å². The van der Waals surface area contributed by atoms with E-state index in [0.29, 0.717) is 11.3 Å². The van der Waals surface area contributed by atoms with Crippen molar-refractivity contribution >= 4 is 10.0 Å². The SMILES string of the molecule is CCc1ccccc1S(=O)(=O)N[C@@H](C)c1c(C)n[nH]c1C. The van der Waals surface area contributed by atoms with Crippen LogP contribution < -0.4 is 4.72 Å². The number of aryl methyl sites for hydroxylation is 3.